The summed E-state index contributed by atoms with van der Waals surface area (Å²) in [5.74, 6) is 1.72. The fraction of sp³-hybridized carbons (Fsp3) is 0.667. The van der Waals surface area contributed by atoms with Gasteiger partial charge >= 0.3 is 0 Å². The highest BCUT2D eigenvalue weighted by atomic mass is 16.5. The molecule has 0 aromatic carbocycles. The smallest absolute Gasteiger partial charge is 0.222 e. The summed E-state index contributed by atoms with van der Waals surface area (Å²) in [4.78, 5) is 10.9. The van der Waals surface area contributed by atoms with Crippen molar-refractivity contribution in [3.05, 3.63) is 11.8 Å². The van der Waals surface area contributed by atoms with Crippen LogP contribution in [0.15, 0.2) is 6.07 Å². The summed E-state index contributed by atoms with van der Waals surface area (Å²) in [7, 11) is 0. The van der Waals surface area contributed by atoms with Crippen LogP contribution in [0.4, 0.5) is 11.8 Å². The first-order valence-electron chi connectivity index (χ1n) is 6.45. The first-order valence-corrected chi connectivity index (χ1v) is 6.45. The zero-order valence-corrected chi connectivity index (χ0v) is 10.4. The Kier molecular flexibility index (Phi) is 3.05. The molecule has 18 heavy (non-hydrogen) atoms. The SMILES string of the molecule is Nc1nc(C2CC(N)C2)cc(N2CCOCC2)n1. The molecule has 3 rings (SSSR count). The average molecular weight is 249 g/mol. The van der Waals surface area contributed by atoms with Crippen LogP contribution in [0.25, 0.3) is 0 Å². The molecule has 0 amide bonds. The maximum absolute atomic E-state index is 5.82. The second kappa shape index (κ2) is 4.70. The number of nitrogen functional groups attached to an aromatic ring is 1. The molecule has 0 spiro atoms. The van der Waals surface area contributed by atoms with Crippen LogP contribution in [-0.2, 0) is 4.74 Å². The highest BCUT2D eigenvalue weighted by Gasteiger charge is 2.29. The van der Waals surface area contributed by atoms with Crippen molar-refractivity contribution in [2.45, 2.75) is 24.8 Å². The normalized spacial score (nSPS) is 27.9. The molecule has 0 bridgehead atoms. The van der Waals surface area contributed by atoms with E-state index < -0.39 is 0 Å². The summed E-state index contributed by atoms with van der Waals surface area (Å²) in [5.41, 5.74) is 12.7. The highest BCUT2D eigenvalue weighted by molar-refractivity contribution is 5.45. The Morgan fingerprint density at radius 2 is 1.94 bits per heavy atom. The van der Waals surface area contributed by atoms with E-state index in [0.29, 0.717) is 17.9 Å². The molecule has 4 N–H and O–H groups in total. The van der Waals surface area contributed by atoms with Crippen molar-refractivity contribution in [2.75, 3.05) is 36.9 Å². The molecule has 1 aliphatic carbocycles. The number of aromatic nitrogens is 2. The standard InChI is InChI=1S/C12H19N5O/c13-9-5-8(6-9)10-7-11(16-12(14)15-10)17-1-3-18-4-2-17/h7-9H,1-6,13H2,(H2,14,15,16). The molecule has 2 aliphatic rings. The number of nitrogens with zero attached hydrogens (tertiary/aromatic N) is 3. The predicted molar refractivity (Wildman–Crippen MR) is 69.4 cm³/mol. The first kappa shape index (κ1) is 11.7. The van der Waals surface area contributed by atoms with Gasteiger partial charge in [0.1, 0.15) is 5.82 Å². The monoisotopic (exact) mass is 249 g/mol. The van der Waals surface area contributed by atoms with E-state index in [4.69, 9.17) is 16.2 Å². The number of hydrogen-bond donors (Lipinski definition) is 2. The molecule has 1 saturated heterocycles. The number of anilines is 2. The molecule has 2 fully saturated rings. The van der Waals surface area contributed by atoms with E-state index in [0.717, 1.165) is 50.7 Å². The van der Waals surface area contributed by atoms with Gasteiger partial charge in [-0.25, -0.2) is 4.98 Å². The third kappa shape index (κ3) is 2.26. The minimum atomic E-state index is 0.318. The van der Waals surface area contributed by atoms with Gasteiger partial charge in [-0.05, 0) is 12.8 Å². The van der Waals surface area contributed by atoms with Crippen molar-refractivity contribution in [3.8, 4) is 0 Å². The van der Waals surface area contributed by atoms with Crippen molar-refractivity contribution in [1.29, 1.82) is 0 Å². The van der Waals surface area contributed by atoms with Gasteiger partial charge in [-0.3, -0.25) is 0 Å². The van der Waals surface area contributed by atoms with Crippen molar-refractivity contribution >= 4 is 11.8 Å². The zero-order chi connectivity index (χ0) is 12.5. The fourth-order valence-corrected chi connectivity index (χ4v) is 2.54. The van der Waals surface area contributed by atoms with Gasteiger partial charge in [-0.15, -0.1) is 0 Å². The van der Waals surface area contributed by atoms with Gasteiger partial charge in [-0.2, -0.15) is 4.98 Å². The summed E-state index contributed by atoms with van der Waals surface area (Å²) in [6.45, 7) is 3.21. The Labute approximate surface area is 106 Å². The molecule has 98 valence electrons. The van der Waals surface area contributed by atoms with Crippen LogP contribution in [-0.4, -0.2) is 42.3 Å². The lowest BCUT2D eigenvalue weighted by molar-refractivity contribution is 0.122. The maximum Gasteiger partial charge on any atom is 0.222 e. The molecule has 0 radical (unpaired) electrons. The van der Waals surface area contributed by atoms with E-state index in [2.05, 4.69) is 20.9 Å². The Balaban J connectivity index is 1.81. The third-order valence-electron chi connectivity index (χ3n) is 3.68. The Bertz CT molecular complexity index is 426. The van der Waals surface area contributed by atoms with E-state index in [9.17, 15) is 0 Å². The van der Waals surface area contributed by atoms with Gasteiger partial charge < -0.3 is 21.1 Å². The molecule has 6 heteroatoms. The summed E-state index contributed by atoms with van der Waals surface area (Å²) >= 11 is 0. The van der Waals surface area contributed by atoms with Gasteiger partial charge in [0.2, 0.25) is 5.95 Å². The molecule has 1 saturated carbocycles. The Morgan fingerprint density at radius 1 is 1.22 bits per heavy atom. The van der Waals surface area contributed by atoms with E-state index in [1.807, 2.05) is 0 Å². The second-order valence-electron chi connectivity index (χ2n) is 5.04. The van der Waals surface area contributed by atoms with Crippen LogP contribution in [0, 0.1) is 0 Å². The lowest BCUT2D eigenvalue weighted by Gasteiger charge is -2.33. The number of hydrogen-bond acceptors (Lipinski definition) is 6. The van der Waals surface area contributed by atoms with Crippen LogP contribution >= 0.6 is 0 Å². The first-order chi connectivity index (χ1) is 8.72. The van der Waals surface area contributed by atoms with Crippen molar-refractivity contribution in [1.82, 2.24) is 9.97 Å². The molecule has 1 aromatic heterocycles. The Hall–Kier alpha value is -1.40. The third-order valence-corrected chi connectivity index (χ3v) is 3.68. The lowest BCUT2D eigenvalue weighted by Crippen LogP contribution is -2.38. The molecule has 6 nitrogen and oxygen atoms in total. The van der Waals surface area contributed by atoms with Gasteiger partial charge in [0.05, 0.1) is 18.9 Å². The predicted octanol–water partition coefficient (Wildman–Crippen LogP) is 0.100. The average Bonchev–Trinajstić information content (AvgIpc) is 2.35. The van der Waals surface area contributed by atoms with E-state index in [-0.39, 0.29) is 0 Å². The molecule has 1 aliphatic heterocycles. The summed E-state index contributed by atoms with van der Waals surface area (Å²) in [6.07, 6.45) is 2.00. The maximum atomic E-state index is 5.82. The zero-order valence-electron chi connectivity index (χ0n) is 10.4. The van der Waals surface area contributed by atoms with Gasteiger partial charge in [0, 0.05) is 31.1 Å². The second-order valence-corrected chi connectivity index (χ2v) is 5.04. The molecular formula is C12H19N5O. The minimum Gasteiger partial charge on any atom is -0.378 e. The summed E-state index contributed by atoms with van der Waals surface area (Å²) < 4.78 is 5.34. The van der Waals surface area contributed by atoms with Gasteiger partial charge in [0.15, 0.2) is 0 Å². The molecule has 0 atom stereocenters. The van der Waals surface area contributed by atoms with E-state index in [1.165, 1.54) is 0 Å². The van der Waals surface area contributed by atoms with Gasteiger partial charge in [-0.1, -0.05) is 0 Å². The summed E-state index contributed by atoms with van der Waals surface area (Å²) in [6, 6.07) is 2.37. The van der Waals surface area contributed by atoms with Crippen LogP contribution in [0.5, 0.6) is 0 Å². The molecular weight excluding hydrogens is 230 g/mol. The number of rotatable bonds is 2. The van der Waals surface area contributed by atoms with Crippen molar-refractivity contribution in [3.63, 3.8) is 0 Å². The Morgan fingerprint density at radius 3 is 2.61 bits per heavy atom. The fourth-order valence-electron chi connectivity index (χ4n) is 2.54. The largest absolute Gasteiger partial charge is 0.378 e. The highest BCUT2D eigenvalue weighted by Crippen LogP contribution is 2.35. The van der Waals surface area contributed by atoms with Crippen LogP contribution < -0.4 is 16.4 Å². The molecule has 2 heterocycles. The lowest BCUT2D eigenvalue weighted by atomic mass is 9.78. The van der Waals surface area contributed by atoms with Crippen LogP contribution in [0.1, 0.15) is 24.5 Å². The molecule has 1 aromatic rings. The minimum absolute atomic E-state index is 0.318. The quantitative estimate of drug-likeness (QED) is 0.772. The number of nitrogens with two attached hydrogens (primary N) is 2. The van der Waals surface area contributed by atoms with Crippen LogP contribution in [0.3, 0.4) is 0 Å². The van der Waals surface area contributed by atoms with E-state index >= 15 is 0 Å². The van der Waals surface area contributed by atoms with Crippen molar-refractivity contribution < 1.29 is 4.74 Å². The molecule has 0 unspecified atom stereocenters. The number of ether oxygens (including phenoxy) is 1. The summed E-state index contributed by atoms with van der Waals surface area (Å²) in [5, 5.41) is 0. The van der Waals surface area contributed by atoms with E-state index in [1.54, 1.807) is 0 Å². The van der Waals surface area contributed by atoms with Gasteiger partial charge in [0.25, 0.3) is 0 Å². The van der Waals surface area contributed by atoms with Crippen LogP contribution in [0.2, 0.25) is 0 Å². The van der Waals surface area contributed by atoms with Crippen molar-refractivity contribution in [2.24, 2.45) is 5.73 Å². The topological polar surface area (TPSA) is 90.3 Å². The number of morpholine rings is 1.